The predicted octanol–water partition coefficient (Wildman–Crippen LogP) is 3.38. The maximum absolute atomic E-state index is 6.29. The van der Waals surface area contributed by atoms with E-state index in [-0.39, 0.29) is 0 Å². The number of benzene rings is 3. The Hall–Kier alpha value is -2.84. The van der Waals surface area contributed by atoms with Crippen molar-refractivity contribution in [1.29, 1.82) is 0 Å². The predicted molar refractivity (Wildman–Crippen MR) is 113 cm³/mol. The van der Waals surface area contributed by atoms with Gasteiger partial charge in [-0.3, -0.25) is 0 Å². The number of nitrogen functional groups attached to an aromatic ring is 1. The Morgan fingerprint density at radius 1 is 0.731 bits per heavy atom. The van der Waals surface area contributed by atoms with Gasteiger partial charge in [-0.2, -0.15) is 0 Å². The van der Waals surface area contributed by atoms with Crippen molar-refractivity contribution >= 4 is 34.9 Å². The fourth-order valence-electron chi connectivity index (χ4n) is 5.39. The Bertz CT molecular complexity index is 1150. The van der Waals surface area contributed by atoms with Crippen molar-refractivity contribution in [3.8, 4) is 11.1 Å². The highest BCUT2D eigenvalue weighted by molar-refractivity contribution is 7.20. The molecule has 0 radical (unpaired) electrons. The summed E-state index contributed by atoms with van der Waals surface area (Å²) in [5, 5.41) is 6.14. The van der Waals surface area contributed by atoms with Gasteiger partial charge in [0.2, 0.25) is 0 Å². The zero-order chi connectivity index (χ0) is 17.3. The number of fused-ring (bicyclic) bond motifs is 9. The molecule has 2 N–H and O–H groups in total. The molecule has 1 nitrogen and oxygen atoms in total. The maximum Gasteiger partial charge on any atom is 0.181 e. The number of rotatable bonds is 0. The van der Waals surface area contributed by atoms with Crippen LogP contribution in [0.15, 0.2) is 84.1 Å². The third-order valence-electron chi connectivity index (χ3n) is 6.30. The van der Waals surface area contributed by atoms with Crippen LogP contribution in [0, 0.1) is 0 Å². The molecule has 1 aliphatic carbocycles. The molecule has 1 spiro atoms. The minimum atomic E-state index is -2.21. The van der Waals surface area contributed by atoms with Crippen LogP contribution in [0.3, 0.4) is 0 Å². The van der Waals surface area contributed by atoms with Gasteiger partial charge in [0.05, 0.1) is 0 Å². The van der Waals surface area contributed by atoms with Crippen LogP contribution in [-0.2, 0) is 0 Å². The highest BCUT2D eigenvalue weighted by atomic mass is 28.3. The molecule has 0 amide bonds. The van der Waals surface area contributed by atoms with Crippen molar-refractivity contribution in [2.75, 3.05) is 5.73 Å². The second-order valence-electron chi connectivity index (χ2n) is 7.48. The molecule has 0 bridgehead atoms. The first kappa shape index (κ1) is 14.3. The van der Waals surface area contributed by atoms with Crippen LogP contribution in [-0.4, -0.2) is 8.07 Å². The van der Waals surface area contributed by atoms with Crippen LogP contribution in [0.2, 0.25) is 0 Å². The Morgan fingerprint density at radius 2 is 1.42 bits per heavy atom. The van der Waals surface area contributed by atoms with E-state index in [1.807, 2.05) is 0 Å². The first-order valence-corrected chi connectivity index (χ1v) is 11.3. The third-order valence-corrected chi connectivity index (χ3v) is 11.3. The van der Waals surface area contributed by atoms with Crippen molar-refractivity contribution < 1.29 is 0 Å². The monoisotopic (exact) mass is 349 g/mol. The van der Waals surface area contributed by atoms with Gasteiger partial charge in [-0.05, 0) is 68.0 Å². The van der Waals surface area contributed by atoms with Crippen LogP contribution in [0.5, 0.6) is 0 Å². The second-order valence-corrected chi connectivity index (χ2v) is 11.1. The molecule has 124 valence electrons. The SMILES string of the molecule is Nc1ccc2c(c1)[Si]1(C3=C(CCC=C3)c3ccccc31)c1ccccc1-2. The smallest absolute Gasteiger partial charge is 0.181 e. The minimum absolute atomic E-state index is 0.870. The number of allylic oxidation sites excluding steroid dienone is 4. The first-order chi connectivity index (χ1) is 12.8. The Morgan fingerprint density at radius 3 is 2.27 bits per heavy atom. The molecule has 2 heterocycles. The van der Waals surface area contributed by atoms with E-state index in [4.69, 9.17) is 5.73 Å². The molecular formula is C24H19NSi. The lowest BCUT2D eigenvalue weighted by Gasteiger charge is -2.29. The van der Waals surface area contributed by atoms with E-state index in [1.165, 1.54) is 27.1 Å². The molecule has 2 aliphatic heterocycles. The molecule has 1 atom stereocenters. The lowest BCUT2D eigenvalue weighted by molar-refractivity contribution is 1.05. The van der Waals surface area contributed by atoms with Gasteiger partial charge in [-0.1, -0.05) is 66.7 Å². The van der Waals surface area contributed by atoms with Crippen LogP contribution in [0.1, 0.15) is 18.4 Å². The Labute approximate surface area is 154 Å². The molecule has 0 saturated carbocycles. The van der Waals surface area contributed by atoms with Gasteiger partial charge in [-0.25, -0.2) is 0 Å². The van der Waals surface area contributed by atoms with E-state index in [2.05, 4.69) is 78.9 Å². The average Bonchev–Trinajstić information content (AvgIpc) is 3.15. The molecule has 2 heteroatoms. The average molecular weight is 350 g/mol. The zero-order valence-corrected chi connectivity index (χ0v) is 15.5. The Kier molecular flexibility index (Phi) is 2.68. The quantitative estimate of drug-likeness (QED) is 0.489. The normalized spacial score (nSPS) is 21.5. The highest BCUT2D eigenvalue weighted by Crippen LogP contribution is 2.43. The summed E-state index contributed by atoms with van der Waals surface area (Å²) < 4.78 is 0. The number of anilines is 1. The van der Waals surface area contributed by atoms with E-state index in [1.54, 1.807) is 16.0 Å². The summed E-state index contributed by atoms with van der Waals surface area (Å²) in [6.07, 6.45) is 7.09. The largest absolute Gasteiger partial charge is 0.399 e. The molecular weight excluding hydrogens is 330 g/mol. The van der Waals surface area contributed by atoms with E-state index < -0.39 is 8.07 Å². The molecule has 0 fully saturated rings. The van der Waals surface area contributed by atoms with Gasteiger partial charge < -0.3 is 5.73 Å². The number of hydrogen-bond acceptors (Lipinski definition) is 1. The standard InChI is InChI=1S/C24H19NSi/c25-16-13-14-20-19-9-3-6-12-23(19)26(24(20)15-16)21-10-4-1-7-17(21)18-8-2-5-11-22(18)26/h1,3-7,9-15H,2,8,25H2. The van der Waals surface area contributed by atoms with Crippen molar-refractivity contribution in [3.05, 3.63) is 89.6 Å². The molecule has 1 unspecified atom stereocenters. The summed E-state index contributed by atoms with van der Waals surface area (Å²) in [5.41, 5.74) is 13.0. The van der Waals surface area contributed by atoms with E-state index in [0.29, 0.717) is 0 Å². The molecule has 3 aliphatic rings. The van der Waals surface area contributed by atoms with Gasteiger partial charge in [0, 0.05) is 5.69 Å². The van der Waals surface area contributed by atoms with Gasteiger partial charge in [-0.15, -0.1) is 0 Å². The van der Waals surface area contributed by atoms with E-state index in [0.717, 1.165) is 18.5 Å². The van der Waals surface area contributed by atoms with Crippen molar-refractivity contribution in [2.24, 2.45) is 0 Å². The molecule has 0 saturated heterocycles. The third kappa shape index (κ3) is 1.52. The van der Waals surface area contributed by atoms with E-state index >= 15 is 0 Å². The van der Waals surface area contributed by atoms with E-state index in [9.17, 15) is 0 Å². The molecule has 3 aromatic carbocycles. The number of hydrogen-bond donors (Lipinski definition) is 1. The topological polar surface area (TPSA) is 26.0 Å². The molecule has 26 heavy (non-hydrogen) atoms. The van der Waals surface area contributed by atoms with Gasteiger partial charge >= 0.3 is 0 Å². The van der Waals surface area contributed by atoms with Crippen molar-refractivity contribution in [2.45, 2.75) is 12.8 Å². The van der Waals surface area contributed by atoms with Crippen molar-refractivity contribution in [1.82, 2.24) is 0 Å². The van der Waals surface area contributed by atoms with Gasteiger partial charge in [0.25, 0.3) is 0 Å². The lowest BCUT2D eigenvalue weighted by atomic mass is 9.98. The summed E-state index contributed by atoms with van der Waals surface area (Å²) >= 11 is 0. The maximum atomic E-state index is 6.29. The summed E-state index contributed by atoms with van der Waals surface area (Å²) in [4.78, 5) is 0. The van der Waals surface area contributed by atoms with Crippen LogP contribution >= 0.6 is 0 Å². The van der Waals surface area contributed by atoms with Crippen LogP contribution < -0.4 is 21.3 Å². The van der Waals surface area contributed by atoms with Crippen molar-refractivity contribution in [3.63, 3.8) is 0 Å². The van der Waals surface area contributed by atoms with Gasteiger partial charge in [0.1, 0.15) is 0 Å². The summed E-state index contributed by atoms with van der Waals surface area (Å²) in [5.74, 6) is 0. The highest BCUT2D eigenvalue weighted by Gasteiger charge is 2.54. The Balaban J connectivity index is 1.84. The lowest BCUT2D eigenvalue weighted by Crippen LogP contribution is -2.65. The van der Waals surface area contributed by atoms with Gasteiger partial charge in [0.15, 0.2) is 8.07 Å². The minimum Gasteiger partial charge on any atom is -0.399 e. The summed E-state index contributed by atoms with van der Waals surface area (Å²) in [6, 6.07) is 24.7. The first-order valence-electron chi connectivity index (χ1n) is 9.32. The fraction of sp³-hybridized carbons (Fsp3) is 0.0833. The summed E-state index contributed by atoms with van der Waals surface area (Å²) in [6.45, 7) is 0. The fourth-order valence-corrected chi connectivity index (χ4v) is 11.2. The van der Waals surface area contributed by atoms with Crippen LogP contribution in [0.4, 0.5) is 5.69 Å². The summed E-state index contributed by atoms with van der Waals surface area (Å²) in [7, 11) is -2.21. The molecule has 6 rings (SSSR count). The van der Waals surface area contributed by atoms with Crippen LogP contribution in [0.25, 0.3) is 16.7 Å². The second kappa shape index (κ2) is 4.86. The molecule has 0 aromatic heterocycles. The zero-order valence-electron chi connectivity index (χ0n) is 14.5. The number of nitrogens with two attached hydrogens (primary N) is 1. The molecule has 3 aromatic rings.